The Morgan fingerprint density at radius 3 is 2.41 bits per heavy atom. The second-order valence-corrected chi connectivity index (χ2v) is 7.10. The van der Waals surface area contributed by atoms with E-state index in [2.05, 4.69) is 31.9 Å². The fourth-order valence-electron chi connectivity index (χ4n) is 1.43. The van der Waals surface area contributed by atoms with Crippen LogP contribution in [-0.2, 0) is 0 Å². The third kappa shape index (κ3) is 2.76. The minimum atomic E-state index is -1.19. The number of aliphatic hydroxyl groups excluding tert-OH is 1. The van der Waals surface area contributed by atoms with Crippen molar-refractivity contribution in [2.24, 2.45) is 0 Å². The van der Waals surface area contributed by atoms with Gasteiger partial charge in [-0.25, -0.2) is 8.78 Å². The first-order chi connectivity index (χ1) is 7.99. The highest BCUT2D eigenvalue weighted by Crippen LogP contribution is 2.38. The maximum absolute atomic E-state index is 13.5. The molecule has 90 valence electrons. The molecule has 0 aliphatic carbocycles. The molecule has 1 aromatic heterocycles. The number of hydrogen-bond acceptors (Lipinski definition) is 2. The highest BCUT2D eigenvalue weighted by molar-refractivity contribution is 9.12. The first-order valence-corrected chi connectivity index (χ1v) is 6.97. The van der Waals surface area contributed by atoms with E-state index in [4.69, 9.17) is 0 Å². The highest BCUT2D eigenvalue weighted by Gasteiger charge is 2.20. The second kappa shape index (κ2) is 5.14. The van der Waals surface area contributed by atoms with Gasteiger partial charge in [0.05, 0.1) is 7.57 Å². The number of benzene rings is 1. The number of hydrogen-bond donors (Lipinski definition) is 1. The lowest BCUT2D eigenvalue weighted by atomic mass is 10.0. The van der Waals surface area contributed by atoms with E-state index in [1.165, 1.54) is 11.3 Å². The molecule has 2 aromatic rings. The van der Waals surface area contributed by atoms with Gasteiger partial charge < -0.3 is 5.11 Å². The molecule has 1 atom stereocenters. The molecule has 0 amide bonds. The zero-order chi connectivity index (χ0) is 12.6. The van der Waals surface area contributed by atoms with Gasteiger partial charge in [0, 0.05) is 11.1 Å². The molecule has 0 bridgehead atoms. The van der Waals surface area contributed by atoms with Gasteiger partial charge in [-0.15, -0.1) is 11.3 Å². The van der Waals surface area contributed by atoms with E-state index in [-0.39, 0.29) is 5.56 Å². The summed E-state index contributed by atoms with van der Waals surface area (Å²) in [6, 6.07) is 4.69. The Morgan fingerprint density at radius 2 is 1.82 bits per heavy atom. The lowest BCUT2D eigenvalue weighted by molar-refractivity contribution is 0.214. The lowest BCUT2D eigenvalue weighted by Crippen LogP contribution is -2.02. The van der Waals surface area contributed by atoms with Gasteiger partial charge in [-0.2, -0.15) is 0 Å². The molecule has 1 nitrogen and oxygen atoms in total. The third-order valence-electron chi connectivity index (χ3n) is 2.23. The molecule has 2 rings (SSSR count). The van der Waals surface area contributed by atoms with E-state index in [0.29, 0.717) is 9.35 Å². The summed E-state index contributed by atoms with van der Waals surface area (Å²) < 4.78 is 28.0. The molecule has 1 aromatic carbocycles. The van der Waals surface area contributed by atoms with Gasteiger partial charge in [0.2, 0.25) is 0 Å². The molecule has 0 aliphatic heterocycles. The van der Waals surface area contributed by atoms with Gasteiger partial charge in [0.15, 0.2) is 0 Å². The molecule has 1 heterocycles. The Kier molecular flexibility index (Phi) is 3.97. The molecule has 1 N–H and O–H groups in total. The van der Waals surface area contributed by atoms with Crippen molar-refractivity contribution < 1.29 is 13.9 Å². The molecule has 1 unspecified atom stereocenters. The monoisotopic (exact) mass is 382 g/mol. The van der Waals surface area contributed by atoms with E-state index < -0.39 is 17.7 Å². The highest BCUT2D eigenvalue weighted by atomic mass is 79.9. The molecular weight excluding hydrogens is 378 g/mol. The lowest BCUT2D eigenvalue weighted by Gasteiger charge is -2.11. The Hall–Kier alpha value is -0.300. The topological polar surface area (TPSA) is 20.2 Å². The molecule has 0 saturated heterocycles. The number of thiophene rings is 1. The molecule has 6 heteroatoms. The molecule has 0 aliphatic rings. The Morgan fingerprint density at radius 1 is 1.12 bits per heavy atom. The van der Waals surface area contributed by atoms with Crippen LogP contribution < -0.4 is 0 Å². The largest absolute Gasteiger partial charge is 0.383 e. The van der Waals surface area contributed by atoms with Crippen LogP contribution in [0.15, 0.2) is 31.8 Å². The van der Waals surface area contributed by atoms with E-state index in [1.807, 2.05) is 0 Å². The quantitative estimate of drug-likeness (QED) is 0.801. The average molecular weight is 384 g/mol. The normalized spacial score (nSPS) is 12.8. The van der Waals surface area contributed by atoms with Crippen LogP contribution in [0, 0.1) is 11.6 Å². The van der Waals surface area contributed by atoms with Crippen LogP contribution in [0.5, 0.6) is 0 Å². The van der Waals surface area contributed by atoms with Gasteiger partial charge in [-0.1, -0.05) is 0 Å². The maximum Gasteiger partial charge on any atom is 0.129 e. The molecule has 0 spiro atoms. The van der Waals surface area contributed by atoms with Crippen molar-refractivity contribution in [3.05, 3.63) is 54.6 Å². The Balaban J connectivity index is 2.46. The number of halogens is 4. The fourth-order valence-corrected chi connectivity index (χ4v) is 4.31. The second-order valence-electron chi connectivity index (χ2n) is 3.35. The van der Waals surface area contributed by atoms with E-state index in [9.17, 15) is 13.9 Å². The predicted molar refractivity (Wildman–Crippen MR) is 70.1 cm³/mol. The van der Waals surface area contributed by atoms with Crippen LogP contribution in [0.2, 0.25) is 0 Å². The van der Waals surface area contributed by atoms with Crippen LogP contribution in [0.25, 0.3) is 0 Å². The summed E-state index contributed by atoms with van der Waals surface area (Å²) in [4.78, 5) is 0. The van der Waals surface area contributed by atoms with Crippen molar-refractivity contribution >= 4 is 43.2 Å². The van der Waals surface area contributed by atoms with Crippen molar-refractivity contribution in [1.82, 2.24) is 0 Å². The van der Waals surface area contributed by atoms with Gasteiger partial charge in [0.1, 0.15) is 17.7 Å². The van der Waals surface area contributed by atoms with Crippen LogP contribution in [0.4, 0.5) is 8.78 Å². The van der Waals surface area contributed by atoms with Crippen molar-refractivity contribution in [2.45, 2.75) is 6.10 Å². The minimum absolute atomic E-state index is 0.0731. The van der Waals surface area contributed by atoms with E-state index >= 15 is 0 Å². The van der Waals surface area contributed by atoms with Gasteiger partial charge >= 0.3 is 0 Å². The summed E-state index contributed by atoms with van der Waals surface area (Å²) in [5, 5.41) is 10.0. The summed E-state index contributed by atoms with van der Waals surface area (Å²) >= 11 is 7.90. The summed E-state index contributed by atoms with van der Waals surface area (Å²) in [6.07, 6.45) is -1.19. The van der Waals surface area contributed by atoms with Gasteiger partial charge in [0.25, 0.3) is 0 Å². The van der Waals surface area contributed by atoms with Gasteiger partial charge in [-0.3, -0.25) is 0 Å². The SMILES string of the molecule is OC(c1cc(F)ccc1F)c1cc(Br)sc1Br. The fraction of sp³-hybridized carbons (Fsp3) is 0.0909. The van der Waals surface area contributed by atoms with Crippen LogP contribution in [0.3, 0.4) is 0 Å². The van der Waals surface area contributed by atoms with Crippen LogP contribution in [0.1, 0.15) is 17.2 Å². The van der Waals surface area contributed by atoms with Crippen LogP contribution in [-0.4, -0.2) is 5.11 Å². The van der Waals surface area contributed by atoms with Crippen molar-refractivity contribution in [3.8, 4) is 0 Å². The standard InChI is InChI=1S/C11H6Br2F2OS/c12-9-4-7(11(13)17-9)10(16)6-3-5(14)1-2-8(6)15/h1-4,10,16H. The van der Waals surface area contributed by atoms with Gasteiger partial charge in [-0.05, 0) is 56.1 Å². The predicted octanol–water partition coefficient (Wildman–Crippen LogP) is 4.63. The van der Waals surface area contributed by atoms with Crippen molar-refractivity contribution in [2.75, 3.05) is 0 Å². The molecule has 0 fully saturated rings. The molecule has 0 radical (unpaired) electrons. The first-order valence-electron chi connectivity index (χ1n) is 4.57. The average Bonchev–Trinajstić information content (AvgIpc) is 2.60. The van der Waals surface area contributed by atoms with Crippen LogP contribution >= 0.6 is 43.2 Å². The molecule has 0 saturated carbocycles. The third-order valence-corrected chi connectivity index (χ3v) is 4.62. The summed E-state index contributed by atoms with van der Waals surface area (Å²) in [5.41, 5.74) is 0.433. The minimum Gasteiger partial charge on any atom is -0.383 e. The smallest absolute Gasteiger partial charge is 0.129 e. The summed E-state index contributed by atoms with van der Waals surface area (Å²) in [7, 11) is 0. The first kappa shape index (κ1) is 13.1. The summed E-state index contributed by atoms with van der Waals surface area (Å²) in [5.74, 6) is -1.21. The molecule has 17 heavy (non-hydrogen) atoms. The van der Waals surface area contributed by atoms with E-state index in [0.717, 1.165) is 22.0 Å². The van der Waals surface area contributed by atoms with Crippen molar-refractivity contribution in [3.63, 3.8) is 0 Å². The number of rotatable bonds is 2. The zero-order valence-electron chi connectivity index (χ0n) is 8.25. The van der Waals surface area contributed by atoms with Crippen molar-refractivity contribution in [1.29, 1.82) is 0 Å². The Bertz CT molecular complexity index is 556. The number of aliphatic hydroxyl groups is 1. The summed E-state index contributed by atoms with van der Waals surface area (Å²) in [6.45, 7) is 0. The maximum atomic E-state index is 13.5. The zero-order valence-corrected chi connectivity index (χ0v) is 12.2. The van der Waals surface area contributed by atoms with E-state index in [1.54, 1.807) is 6.07 Å². The molecular formula is C11H6Br2F2OS. The Labute approximate surface area is 117 Å².